The number of alkyl halides is 3. The predicted octanol–water partition coefficient (Wildman–Crippen LogP) is 5.68. The molecule has 0 saturated heterocycles. The molecule has 42 heavy (non-hydrogen) atoms. The summed E-state index contributed by atoms with van der Waals surface area (Å²) in [5.74, 6) is -0.594. The van der Waals surface area contributed by atoms with Gasteiger partial charge in [0.25, 0.3) is 11.5 Å². The number of aliphatic hydroxyl groups is 1. The van der Waals surface area contributed by atoms with Crippen molar-refractivity contribution < 1.29 is 27.5 Å². The first-order valence-corrected chi connectivity index (χ1v) is 13.7. The lowest BCUT2D eigenvalue weighted by Crippen LogP contribution is -2.36. The number of benzene rings is 3. The topological polar surface area (TPSA) is 86.3 Å². The van der Waals surface area contributed by atoms with Gasteiger partial charge >= 0.3 is 6.18 Å². The summed E-state index contributed by atoms with van der Waals surface area (Å²) in [6.07, 6.45) is -4.04. The normalized spacial score (nSPS) is 16.8. The number of nitrogens with zero attached hydrogens (tertiary/aromatic N) is 2. The number of nitrogens with one attached hydrogen (secondary N) is 1. The van der Waals surface area contributed by atoms with Crippen molar-refractivity contribution >= 4 is 5.91 Å². The van der Waals surface area contributed by atoms with Crippen molar-refractivity contribution in [3.05, 3.63) is 123 Å². The van der Waals surface area contributed by atoms with Crippen LogP contribution in [0, 0.1) is 5.82 Å². The number of aromatic amines is 1. The summed E-state index contributed by atoms with van der Waals surface area (Å²) in [7, 11) is 0. The van der Waals surface area contributed by atoms with Gasteiger partial charge < -0.3 is 15.0 Å². The summed E-state index contributed by atoms with van der Waals surface area (Å²) >= 11 is 0. The summed E-state index contributed by atoms with van der Waals surface area (Å²) in [6, 6.07) is 18.1. The molecule has 3 aromatic carbocycles. The highest BCUT2D eigenvalue weighted by Gasteiger charge is 2.49. The Morgan fingerprint density at radius 2 is 1.79 bits per heavy atom. The molecule has 1 amide bonds. The van der Waals surface area contributed by atoms with Gasteiger partial charge in [0, 0.05) is 12.1 Å². The van der Waals surface area contributed by atoms with Gasteiger partial charge in [0.05, 0.1) is 28.8 Å². The lowest BCUT2D eigenvalue weighted by atomic mass is 9.91. The largest absolute Gasteiger partial charge is 0.416 e. The monoisotopic (exact) mass is 577 g/mol. The number of rotatable bonds is 5. The van der Waals surface area contributed by atoms with E-state index in [2.05, 4.69) is 4.98 Å². The van der Waals surface area contributed by atoms with Crippen LogP contribution in [0.15, 0.2) is 77.6 Å². The Hall–Kier alpha value is -4.31. The molecule has 0 spiro atoms. The fourth-order valence-corrected chi connectivity index (χ4v) is 5.70. The first-order chi connectivity index (χ1) is 20.1. The van der Waals surface area contributed by atoms with Crippen LogP contribution in [0.4, 0.5) is 17.6 Å². The first kappa shape index (κ1) is 27.8. The number of H-pyrrole nitrogens is 1. The Bertz CT molecular complexity index is 1730. The summed E-state index contributed by atoms with van der Waals surface area (Å²) < 4.78 is 53.9. The number of aromatic nitrogens is 2. The van der Waals surface area contributed by atoms with E-state index in [0.717, 1.165) is 42.2 Å². The highest BCUT2D eigenvalue weighted by atomic mass is 19.4. The number of carbonyl (C=O) groups is 1. The van der Waals surface area contributed by atoms with E-state index in [-0.39, 0.29) is 30.0 Å². The fourth-order valence-electron chi connectivity index (χ4n) is 5.70. The Morgan fingerprint density at radius 3 is 2.52 bits per heavy atom. The molecule has 1 fully saturated rings. The van der Waals surface area contributed by atoms with Gasteiger partial charge in [-0.05, 0) is 60.6 Å². The van der Waals surface area contributed by atoms with Crippen molar-refractivity contribution in [1.82, 2.24) is 14.9 Å². The second-order valence-corrected chi connectivity index (χ2v) is 10.9. The van der Waals surface area contributed by atoms with Crippen LogP contribution in [0.1, 0.15) is 59.1 Å². The Morgan fingerprint density at radius 1 is 1.02 bits per heavy atom. The lowest BCUT2D eigenvalue weighted by Gasteiger charge is -2.24. The minimum absolute atomic E-state index is 0.122. The van der Waals surface area contributed by atoms with E-state index in [1.165, 1.54) is 17.0 Å². The number of hydrogen-bond acceptors (Lipinski definition) is 4. The Kier molecular flexibility index (Phi) is 6.97. The van der Waals surface area contributed by atoms with E-state index in [4.69, 9.17) is 4.98 Å². The van der Waals surface area contributed by atoms with Crippen LogP contribution in [-0.4, -0.2) is 32.4 Å². The van der Waals surface area contributed by atoms with Crippen LogP contribution < -0.4 is 5.56 Å². The summed E-state index contributed by atoms with van der Waals surface area (Å²) in [5.41, 5.74) is 0.908. The summed E-state index contributed by atoms with van der Waals surface area (Å²) in [5, 5.41) is 10.7. The maximum absolute atomic E-state index is 14.5. The highest BCUT2D eigenvalue weighted by Crippen LogP contribution is 2.52. The van der Waals surface area contributed by atoms with Gasteiger partial charge in [0.15, 0.2) is 6.10 Å². The maximum atomic E-state index is 14.5. The van der Waals surface area contributed by atoms with Crippen LogP contribution in [-0.2, 0) is 29.4 Å². The Labute approximate surface area is 238 Å². The van der Waals surface area contributed by atoms with Crippen LogP contribution in [0.5, 0.6) is 0 Å². The van der Waals surface area contributed by atoms with E-state index < -0.39 is 34.7 Å². The van der Waals surface area contributed by atoms with Crippen molar-refractivity contribution in [3.8, 4) is 11.1 Å². The molecule has 6 nitrogen and oxygen atoms in total. The van der Waals surface area contributed by atoms with Gasteiger partial charge in [0.2, 0.25) is 0 Å². The van der Waals surface area contributed by atoms with Crippen molar-refractivity contribution in [2.45, 2.75) is 49.9 Å². The summed E-state index contributed by atoms with van der Waals surface area (Å²) in [4.78, 5) is 35.6. The maximum Gasteiger partial charge on any atom is 0.416 e. The molecule has 1 atom stereocenters. The summed E-state index contributed by atoms with van der Waals surface area (Å²) in [6.45, 7) is 0.0817. The minimum Gasteiger partial charge on any atom is -0.378 e. The number of aliphatic hydroxyl groups excluding tert-OH is 1. The standard InChI is InChI=1S/C32H27F4N3O3/c33-25-11-2-1-10-23(25)19-6-3-8-21(16-19)31(13-14-31)30-37-26-12-5-15-39(18-24(26)28(41)38-30)29(42)27(40)20-7-4-9-22(17-20)32(34,35)36/h1-4,6-11,16-17,27,40H,5,12-15,18H2,(H,37,38,41)/t27-/m1/s1. The zero-order valence-electron chi connectivity index (χ0n) is 22.4. The van der Waals surface area contributed by atoms with Gasteiger partial charge in [-0.2, -0.15) is 13.2 Å². The van der Waals surface area contributed by atoms with E-state index in [1.807, 2.05) is 24.3 Å². The number of amides is 1. The smallest absolute Gasteiger partial charge is 0.378 e. The molecular formula is C32H27F4N3O3. The van der Waals surface area contributed by atoms with Gasteiger partial charge in [-0.1, -0.05) is 54.6 Å². The van der Waals surface area contributed by atoms with Gasteiger partial charge in [-0.15, -0.1) is 0 Å². The average molecular weight is 578 g/mol. The third kappa shape index (κ3) is 5.11. The number of hydrogen-bond donors (Lipinski definition) is 2. The highest BCUT2D eigenvalue weighted by molar-refractivity contribution is 5.82. The van der Waals surface area contributed by atoms with Gasteiger partial charge in [0.1, 0.15) is 11.6 Å². The molecular weight excluding hydrogens is 550 g/mol. The van der Waals surface area contributed by atoms with Crippen molar-refractivity contribution in [1.29, 1.82) is 0 Å². The molecule has 4 aromatic rings. The second kappa shape index (κ2) is 10.5. The van der Waals surface area contributed by atoms with Crippen molar-refractivity contribution in [2.24, 2.45) is 0 Å². The third-order valence-electron chi connectivity index (χ3n) is 8.17. The lowest BCUT2D eigenvalue weighted by molar-refractivity contribution is -0.142. The van der Waals surface area contributed by atoms with E-state index in [0.29, 0.717) is 29.9 Å². The van der Waals surface area contributed by atoms with Crippen LogP contribution >= 0.6 is 0 Å². The molecule has 2 heterocycles. The molecule has 6 rings (SSSR count). The molecule has 1 aliphatic carbocycles. The number of fused-ring (bicyclic) bond motifs is 1. The molecule has 10 heteroatoms. The molecule has 0 radical (unpaired) electrons. The molecule has 0 bridgehead atoms. The molecule has 1 aromatic heterocycles. The van der Waals surface area contributed by atoms with E-state index in [9.17, 15) is 32.3 Å². The third-order valence-corrected chi connectivity index (χ3v) is 8.17. The SMILES string of the molecule is O=C([C@H](O)c1cccc(C(F)(F)F)c1)N1CCCc2nc(C3(c4cccc(-c5ccccc5F)c4)CC3)[nH]c(=O)c2C1. The molecule has 216 valence electrons. The zero-order chi connectivity index (χ0) is 29.6. The van der Waals surface area contributed by atoms with Crippen LogP contribution in [0.25, 0.3) is 11.1 Å². The minimum atomic E-state index is -4.62. The predicted molar refractivity (Wildman–Crippen MR) is 147 cm³/mol. The number of carbonyl (C=O) groups excluding carboxylic acids is 1. The average Bonchev–Trinajstić information content (AvgIpc) is 3.81. The molecule has 2 aliphatic rings. The van der Waals surface area contributed by atoms with Crippen molar-refractivity contribution in [3.63, 3.8) is 0 Å². The number of halogens is 4. The van der Waals surface area contributed by atoms with Gasteiger partial charge in [-0.3, -0.25) is 9.59 Å². The first-order valence-electron chi connectivity index (χ1n) is 13.7. The van der Waals surface area contributed by atoms with Crippen molar-refractivity contribution in [2.75, 3.05) is 6.54 Å². The second-order valence-electron chi connectivity index (χ2n) is 10.9. The molecule has 1 aliphatic heterocycles. The molecule has 2 N–H and O–H groups in total. The van der Waals surface area contributed by atoms with Gasteiger partial charge in [-0.25, -0.2) is 9.37 Å². The van der Waals surface area contributed by atoms with E-state index in [1.54, 1.807) is 18.2 Å². The van der Waals surface area contributed by atoms with Crippen LogP contribution in [0.3, 0.4) is 0 Å². The van der Waals surface area contributed by atoms with E-state index >= 15 is 0 Å². The Balaban J connectivity index is 1.27. The zero-order valence-corrected chi connectivity index (χ0v) is 22.4. The number of aryl methyl sites for hydroxylation is 1. The van der Waals surface area contributed by atoms with Crippen LogP contribution in [0.2, 0.25) is 0 Å². The fraction of sp³-hybridized carbons (Fsp3) is 0.281. The molecule has 1 saturated carbocycles. The quantitative estimate of drug-likeness (QED) is 0.299. The molecule has 0 unspecified atom stereocenters.